The summed E-state index contributed by atoms with van der Waals surface area (Å²) in [4.78, 5) is 0. The number of hydrogen-bond acceptors (Lipinski definition) is 3. The van der Waals surface area contributed by atoms with Gasteiger partial charge in [0.05, 0.1) is 13.2 Å². The standard InChI is InChI=1S/C30H32BF3O3/c1-2-3-4-5-6-7-28-35-17-23(18-36-28)22-12-13-24(26(32)16-22)20-8-10-21(11-9-20)25-14-15-27(37-19-31)30(34)29(25)33/h8-16,23,28H,2-7,17-19H2,1H3. The highest BCUT2D eigenvalue weighted by molar-refractivity contribution is 6.08. The van der Waals surface area contributed by atoms with Crippen LogP contribution in [0.2, 0.25) is 0 Å². The zero-order chi connectivity index (χ0) is 26.2. The molecule has 0 spiro atoms. The van der Waals surface area contributed by atoms with Crippen LogP contribution in [-0.4, -0.2) is 33.9 Å². The number of rotatable bonds is 11. The summed E-state index contributed by atoms with van der Waals surface area (Å²) in [5, 5.41) is 0. The maximum Gasteiger partial charge on any atom is 0.201 e. The molecule has 3 aromatic rings. The average Bonchev–Trinajstić information content (AvgIpc) is 2.92. The molecule has 3 nitrogen and oxygen atoms in total. The van der Waals surface area contributed by atoms with Crippen molar-refractivity contribution in [2.75, 3.05) is 19.7 Å². The van der Waals surface area contributed by atoms with Gasteiger partial charge in [-0.15, -0.1) is 0 Å². The van der Waals surface area contributed by atoms with Gasteiger partial charge in [0.25, 0.3) is 0 Å². The van der Waals surface area contributed by atoms with Crippen molar-refractivity contribution in [1.82, 2.24) is 0 Å². The molecular formula is C30H32BF3O3. The van der Waals surface area contributed by atoms with Crippen molar-refractivity contribution in [2.45, 2.75) is 57.7 Å². The summed E-state index contributed by atoms with van der Waals surface area (Å²) < 4.78 is 60.5. The lowest BCUT2D eigenvalue weighted by Crippen LogP contribution is -2.30. The molecule has 0 N–H and O–H groups in total. The van der Waals surface area contributed by atoms with Crippen LogP contribution in [-0.2, 0) is 9.47 Å². The van der Waals surface area contributed by atoms with Crippen molar-refractivity contribution in [1.29, 1.82) is 0 Å². The molecule has 3 aromatic carbocycles. The molecule has 0 bridgehead atoms. The highest BCUT2D eigenvalue weighted by Crippen LogP contribution is 2.33. The molecule has 2 radical (unpaired) electrons. The molecule has 1 aliphatic rings. The van der Waals surface area contributed by atoms with Crippen LogP contribution in [0.5, 0.6) is 5.75 Å². The van der Waals surface area contributed by atoms with E-state index in [1.54, 1.807) is 30.3 Å². The minimum Gasteiger partial charge on any atom is -0.500 e. The van der Waals surface area contributed by atoms with Gasteiger partial charge in [-0.3, -0.25) is 0 Å². The number of ether oxygens (including phenoxy) is 3. The van der Waals surface area contributed by atoms with E-state index in [0.29, 0.717) is 29.9 Å². The first-order valence-corrected chi connectivity index (χ1v) is 13.0. The van der Waals surface area contributed by atoms with Crippen LogP contribution >= 0.6 is 0 Å². The highest BCUT2D eigenvalue weighted by atomic mass is 19.2. The molecule has 0 aliphatic carbocycles. The molecule has 1 saturated heterocycles. The van der Waals surface area contributed by atoms with E-state index in [0.717, 1.165) is 18.4 Å². The second kappa shape index (κ2) is 13.2. The van der Waals surface area contributed by atoms with Crippen molar-refractivity contribution in [3.05, 3.63) is 77.6 Å². The lowest BCUT2D eigenvalue weighted by Gasteiger charge is -2.30. The van der Waals surface area contributed by atoms with E-state index in [9.17, 15) is 8.78 Å². The van der Waals surface area contributed by atoms with Crippen molar-refractivity contribution in [3.63, 3.8) is 0 Å². The number of hydrogen-bond donors (Lipinski definition) is 0. The topological polar surface area (TPSA) is 27.7 Å². The molecule has 0 saturated carbocycles. The average molecular weight is 508 g/mol. The van der Waals surface area contributed by atoms with E-state index in [4.69, 9.17) is 22.1 Å². The highest BCUT2D eigenvalue weighted by Gasteiger charge is 2.24. The fourth-order valence-corrected chi connectivity index (χ4v) is 4.62. The Bertz CT molecular complexity index is 1160. The number of unbranched alkanes of at least 4 members (excludes halogenated alkanes) is 4. The summed E-state index contributed by atoms with van der Waals surface area (Å²) in [6.45, 7) is 2.95. The maximum absolute atomic E-state index is 15.1. The quantitative estimate of drug-likeness (QED) is 0.196. The van der Waals surface area contributed by atoms with Gasteiger partial charge in [0, 0.05) is 23.6 Å². The van der Waals surface area contributed by atoms with Crippen LogP contribution in [0.15, 0.2) is 54.6 Å². The number of halogens is 3. The minimum absolute atomic E-state index is 0.0219. The molecule has 7 heteroatoms. The van der Waals surface area contributed by atoms with Gasteiger partial charge in [-0.1, -0.05) is 69.0 Å². The molecule has 0 unspecified atom stereocenters. The summed E-state index contributed by atoms with van der Waals surface area (Å²) in [5.41, 5.74) is 2.44. The molecule has 4 rings (SSSR count). The van der Waals surface area contributed by atoms with Crippen molar-refractivity contribution < 1.29 is 27.4 Å². The van der Waals surface area contributed by atoms with Crippen LogP contribution in [0.4, 0.5) is 13.2 Å². The van der Waals surface area contributed by atoms with Crippen molar-refractivity contribution in [3.8, 4) is 28.0 Å². The zero-order valence-corrected chi connectivity index (χ0v) is 21.2. The Morgan fingerprint density at radius 3 is 2.11 bits per heavy atom. The lowest BCUT2D eigenvalue weighted by atomic mass is 9.95. The molecular weight excluding hydrogens is 476 g/mol. The SMILES string of the molecule is [B]COc1ccc(-c2ccc(-c3ccc(C4COC(CCCCCCC)OC4)cc3F)cc2)c(F)c1F. The van der Waals surface area contributed by atoms with E-state index in [2.05, 4.69) is 6.92 Å². The second-order valence-electron chi connectivity index (χ2n) is 9.36. The van der Waals surface area contributed by atoms with Crippen LogP contribution in [0.25, 0.3) is 22.3 Å². The van der Waals surface area contributed by atoms with Gasteiger partial charge in [-0.2, -0.15) is 4.39 Å². The van der Waals surface area contributed by atoms with Gasteiger partial charge < -0.3 is 14.2 Å². The van der Waals surface area contributed by atoms with Gasteiger partial charge in [0.2, 0.25) is 5.82 Å². The lowest BCUT2D eigenvalue weighted by molar-refractivity contribution is -0.190. The van der Waals surface area contributed by atoms with Gasteiger partial charge in [0.1, 0.15) is 13.7 Å². The maximum atomic E-state index is 15.1. The molecule has 0 atom stereocenters. The molecule has 194 valence electrons. The van der Waals surface area contributed by atoms with Crippen LogP contribution < -0.4 is 4.74 Å². The Balaban J connectivity index is 1.38. The predicted octanol–water partition coefficient (Wildman–Crippen LogP) is 7.76. The Morgan fingerprint density at radius 1 is 0.811 bits per heavy atom. The zero-order valence-electron chi connectivity index (χ0n) is 21.2. The van der Waals surface area contributed by atoms with Crippen LogP contribution in [0.3, 0.4) is 0 Å². The van der Waals surface area contributed by atoms with E-state index in [1.807, 2.05) is 6.07 Å². The Kier molecular flexibility index (Phi) is 9.70. The first kappa shape index (κ1) is 27.3. The van der Waals surface area contributed by atoms with Gasteiger partial charge in [0.15, 0.2) is 17.9 Å². The third-order valence-corrected chi connectivity index (χ3v) is 6.77. The van der Waals surface area contributed by atoms with Gasteiger partial charge in [-0.05, 0) is 47.7 Å². The first-order valence-electron chi connectivity index (χ1n) is 13.0. The smallest absolute Gasteiger partial charge is 0.201 e. The third-order valence-electron chi connectivity index (χ3n) is 6.77. The summed E-state index contributed by atoms with van der Waals surface area (Å²) in [6.07, 6.45) is 6.72. The molecule has 37 heavy (non-hydrogen) atoms. The molecule has 1 heterocycles. The molecule has 1 fully saturated rings. The predicted molar refractivity (Wildman–Crippen MR) is 140 cm³/mol. The van der Waals surface area contributed by atoms with Gasteiger partial charge in [-0.25, -0.2) is 8.78 Å². The third kappa shape index (κ3) is 6.76. The van der Waals surface area contributed by atoms with Crippen molar-refractivity contribution in [2.24, 2.45) is 0 Å². The monoisotopic (exact) mass is 508 g/mol. The van der Waals surface area contributed by atoms with E-state index in [-0.39, 0.29) is 35.8 Å². The Hall–Kier alpha value is -2.77. The summed E-state index contributed by atoms with van der Waals surface area (Å²) in [7, 11) is 5.24. The van der Waals surface area contributed by atoms with Crippen molar-refractivity contribution >= 4 is 7.85 Å². The summed E-state index contributed by atoms with van der Waals surface area (Å²) >= 11 is 0. The van der Waals surface area contributed by atoms with E-state index < -0.39 is 11.6 Å². The van der Waals surface area contributed by atoms with Gasteiger partial charge >= 0.3 is 0 Å². The van der Waals surface area contributed by atoms with E-state index in [1.165, 1.54) is 43.9 Å². The van der Waals surface area contributed by atoms with E-state index >= 15 is 4.39 Å². The number of benzene rings is 3. The minimum atomic E-state index is -1.09. The summed E-state index contributed by atoms with van der Waals surface area (Å²) in [6, 6.07) is 14.6. The largest absolute Gasteiger partial charge is 0.500 e. The fraction of sp³-hybridized carbons (Fsp3) is 0.400. The summed E-state index contributed by atoms with van der Waals surface area (Å²) in [5.74, 6) is -2.74. The van der Waals surface area contributed by atoms with Crippen LogP contribution in [0.1, 0.15) is 56.9 Å². The molecule has 1 aliphatic heterocycles. The molecule has 0 aromatic heterocycles. The Labute approximate surface area is 218 Å². The first-order chi connectivity index (χ1) is 18.0. The normalized spacial score (nSPS) is 17.6. The Morgan fingerprint density at radius 2 is 1.46 bits per heavy atom. The molecule has 0 amide bonds. The fourth-order valence-electron chi connectivity index (χ4n) is 4.62. The second-order valence-corrected chi connectivity index (χ2v) is 9.36. The van der Waals surface area contributed by atoms with Crippen LogP contribution in [0, 0.1) is 17.5 Å².